The fourth-order valence-electron chi connectivity index (χ4n) is 2.07. The van der Waals surface area contributed by atoms with E-state index in [0.717, 1.165) is 22.3 Å². The van der Waals surface area contributed by atoms with E-state index in [-0.39, 0.29) is 0 Å². The summed E-state index contributed by atoms with van der Waals surface area (Å²) < 4.78 is 0. The number of rotatable bonds is 0. The van der Waals surface area contributed by atoms with Crippen molar-refractivity contribution < 1.29 is 0 Å². The van der Waals surface area contributed by atoms with Crippen molar-refractivity contribution in [2.45, 2.75) is 25.2 Å². The molecular weight excluding hydrogens is 224 g/mol. The molecule has 0 aromatic rings. The molecule has 2 rings (SSSR count). The Morgan fingerprint density at radius 3 is 1.94 bits per heavy atom. The Labute approximate surface area is 107 Å². The summed E-state index contributed by atoms with van der Waals surface area (Å²) in [4.78, 5) is 0. The third-order valence-electron chi connectivity index (χ3n) is 3.56. The minimum absolute atomic E-state index is 0.859. The predicted molar refractivity (Wildman–Crippen MR) is 75.0 cm³/mol. The van der Waals surface area contributed by atoms with Crippen molar-refractivity contribution in [1.82, 2.24) is 0 Å². The summed E-state index contributed by atoms with van der Waals surface area (Å²) in [7, 11) is 0. The first-order valence-electron chi connectivity index (χ1n) is 5.89. The van der Waals surface area contributed by atoms with Gasteiger partial charge in [-0.05, 0) is 54.4 Å². The third-order valence-corrected chi connectivity index (χ3v) is 3.56. The van der Waals surface area contributed by atoms with Gasteiger partial charge in [-0.1, -0.05) is 18.2 Å². The molecule has 0 aromatic carbocycles. The van der Waals surface area contributed by atoms with Gasteiger partial charge in [-0.3, -0.25) is 0 Å². The lowest BCUT2D eigenvalue weighted by Crippen LogP contribution is -2.50. The molecule has 0 saturated carbocycles. The summed E-state index contributed by atoms with van der Waals surface area (Å²) >= 11 is 0. The van der Waals surface area contributed by atoms with Crippen LogP contribution in [0.2, 0.25) is 0 Å². The van der Waals surface area contributed by atoms with Crippen molar-refractivity contribution in [2.24, 2.45) is 22.9 Å². The summed E-state index contributed by atoms with van der Waals surface area (Å²) in [5.41, 5.74) is 26.0. The van der Waals surface area contributed by atoms with E-state index in [1.54, 1.807) is 12.2 Å². The van der Waals surface area contributed by atoms with E-state index >= 15 is 0 Å². The van der Waals surface area contributed by atoms with Crippen molar-refractivity contribution in [2.75, 3.05) is 0 Å². The molecule has 0 unspecified atom stereocenters. The number of nitrogens with two attached hydrogens (primary N) is 4. The molecule has 0 fully saturated rings. The molecule has 0 bridgehead atoms. The Balaban J connectivity index is 2.47. The molecule has 4 nitrogen and oxygen atoms in total. The zero-order valence-corrected chi connectivity index (χ0v) is 10.8. The molecule has 0 spiro atoms. The molecule has 0 saturated heterocycles. The second kappa shape index (κ2) is 4.03. The van der Waals surface area contributed by atoms with E-state index in [1.807, 2.05) is 38.2 Å². The average Bonchev–Trinajstić information content (AvgIpc) is 2.28. The second-order valence-corrected chi connectivity index (χ2v) is 5.05. The van der Waals surface area contributed by atoms with Crippen LogP contribution in [0.5, 0.6) is 0 Å². The van der Waals surface area contributed by atoms with Crippen LogP contribution in [0, 0.1) is 0 Å². The van der Waals surface area contributed by atoms with Gasteiger partial charge in [0.1, 0.15) is 11.3 Å². The Kier molecular flexibility index (Phi) is 2.91. The van der Waals surface area contributed by atoms with Crippen LogP contribution in [0.25, 0.3) is 0 Å². The van der Waals surface area contributed by atoms with Gasteiger partial charge in [-0.2, -0.15) is 0 Å². The fourth-order valence-corrected chi connectivity index (χ4v) is 2.07. The van der Waals surface area contributed by atoms with Crippen molar-refractivity contribution >= 4 is 0 Å². The van der Waals surface area contributed by atoms with Gasteiger partial charge in [-0.15, -0.1) is 0 Å². The van der Waals surface area contributed by atoms with Crippen molar-refractivity contribution in [1.29, 1.82) is 0 Å². The van der Waals surface area contributed by atoms with E-state index in [4.69, 9.17) is 22.9 Å². The van der Waals surface area contributed by atoms with Crippen molar-refractivity contribution in [3.8, 4) is 0 Å². The van der Waals surface area contributed by atoms with Crippen LogP contribution in [0.1, 0.15) is 13.8 Å². The molecule has 0 amide bonds. The molecular formula is C14H20N4. The zero-order chi connectivity index (χ0) is 13.6. The van der Waals surface area contributed by atoms with E-state index in [2.05, 4.69) is 0 Å². The quantitative estimate of drug-likeness (QED) is 0.467. The van der Waals surface area contributed by atoms with Gasteiger partial charge < -0.3 is 22.9 Å². The van der Waals surface area contributed by atoms with Gasteiger partial charge in [0.25, 0.3) is 0 Å². The first kappa shape index (κ1) is 13.0. The van der Waals surface area contributed by atoms with E-state index in [9.17, 15) is 0 Å². The van der Waals surface area contributed by atoms with Gasteiger partial charge in [0.2, 0.25) is 0 Å². The third kappa shape index (κ3) is 2.23. The molecule has 18 heavy (non-hydrogen) atoms. The van der Waals surface area contributed by atoms with Gasteiger partial charge in [0, 0.05) is 0 Å². The van der Waals surface area contributed by atoms with Crippen LogP contribution in [-0.2, 0) is 0 Å². The largest absolute Gasteiger partial charge is 0.307 e. The Hall–Kier alpha value is -1.46. The molecule has 0 aromatic heterocycles. The van der Waals surface area contributed by atoms with E-state index in [1.165, 1.54) is 0 Å². The van der Waals surface area contributed by atoms with Gasteiger partial charge >= 0.3 is 0 Å². The molecule has 2 aliphatic carbocycles. The molecule has 0 heterocycles. The second-order valence-electron chi connectivity index (χ2n) is 5.05. The summed E-state index contributed by atoms with van der Waals surface area (Å²) in [5, 5.41) is 0. The fraction of sp³-hybridized carbons (Fsp3) is 0.286. The molecule has 96 valence electrons. The number of allylic oxidation sites excluding steroid dienone is 6. The number of hydrogen-bond donors (Lipinski definition) is 4. The molecule has 0 atom stereocenters. The first-order valence-corrected chi connectivity index (χ1v) is 5.89. The SMILES string of the molecule is CC1=C(C)C(N)(N)C=CC1=C1C=CC(N)(N)C=C1. The lowest BCUT2D eigenvalue weighted by molar-refractivity contribution is 0.635. The van der Waals surface area contributed by atoms with Crippen LogP contribution < -0.4 is 22.9 Å². The maximum absolute atomic E-state index is 5.98. The predicted octanol–water partition coefficient (Wildman–Crippen LogP) is 0.543. The van der Waals surface area contributed by atoms with Gasteiger partial charge in [-0.25, -0.2) is 0 Å². The highest BCUT2D eigenvalue weighted by Crippen LogP contribution is 2.30. The highest BCUT2D eigenvalue weighted by atomic mass is 14.9. The van der Waals surface area contributed by atoms with E-state index in [0.29, 0.717) is 0 Å². The van der Waals surface area contributed by atoms with Gasteiger partial charge in [0.05, 0.1) is 0 Å². The Bertz CT molecular complexity index is 510. The highest BCUT2D eigenvalue weighted by molar-refractivity contribution is 5.58. The van der Waals surface area contributed by atoms with Crippen LogP contribution in [0.15, 0.2) is 58.7 Å². The minimum atomic E-state index is -0.861. The molecule has 0 radical (unpaired) electrons. The van der Waals surface area contributed by atoms with Crippen LogP contribution in [-0.4, -0.2) is 11.3 Å². The van der Waals surface area contributed by atoms with Crippen LogP contribution in [0.3, 0.4) is 0 Å². The highest BCUT2D eigenvalue weighted by Gasteiger charge is 2.25. The first-order chi connectivity index (χ1) is 8.23. The Morgan fingerprint density at radius 1 is 0.833 bits per heavy atom. The lowest BCUT2D eigenvalue weighted by Gasteiger charge is -2.29. The molecule has 2 aliphatic rings. The Morgan fingerprint density at radius 2 is 1.39 bits per heavy atom. The molecule has 0 aliphatic heterocycles. The van der Waals surface area contributed by atoms with Crippen LogP contribution in [0.4, 0.5) is 0 Å². The topological polar surface area (TPSA) is 104 Å². The maximum atomic E-state index is 5.98. The molecule has 8 N–H and O–H groups in total. The normalized spacial score (nSPS) is 25.0. The summed E-state index contributed by atoms with van der Waals surface area (Å²) in [6, 6.07) is 0. The van der Waals surface area contributed by atoms with E-state index < -0.39 is 11.3 Å². The summed E-state index contributed by atoms with van der Waals surface area (Å²) in [6.07, 6.45) is 11.2. The van der Waals surface area contributed by atoms with Crippen molar-refractivity contribution in [3.05, 3.63) is 58.7 Å². The molecule has 4 heteroatoms. The zero-order valence-electron chi connectivity index (χ0n) is 10.8. The standard InChI is InChI=1S/C14H20N4/c1-9-10(2)14(17,18)8-5-12(9)11-3-6-13(15,16)7-4-11/h3-8H,15-18H2,1-2H3. The average molecular weight is 244 g/mol. The maximum Gasteiger partial charge on any atom is 0.106 e. The summed E-state index contributed by atoms with van der Waals surface area (Å²) in [5.74, 6) is 0. The summed E-state index contributed by atoms with van der Waals surface area (Å²) in [6.45, 7) is 3.97. The monoisotopic (exact) mass is 244 g/mol. The smallest absolute Gasteiger partial charge is 0.106 e. The van der Waals surface area contributed by atoms with Gasteiger partial charge in [0.15, 0.2) is 0 Å². The van der Waals surface area contributed by atoms with Crippen molar-refractivity contribution in [3.63, 3.8) is 0 Å². The number of hydrogen-bond acceptors (Lipinski definition) is 4. The lowest BCUT2D eigenvalue weighted by atomic mass is 9.84. The minimum Gasteiger partial charge on any atom is -0.307 e. The van der Waals surface area contributed by atoms with Crippen LogP contribution >= 0.6 is 0 Å².